The van der Waals surface area contributed by atoms with Crippen LogP contribution in [0.15, 0.2) is 57.2 Å². The molecule has 190 valence electrons. The van der Waals surface area contributed by atoms with Crippen molar-refractivity contribution in [3.8, 4) is 11.5 Å². The smallest absolute Gasteiger partial charge is 0.338 e. The van der Waals surface area contributed by atoms with E-state index < -0.39 is 23.9 Å². The first-order valence-corrected chi connectivity index (χ1v) is 11.9. The first kappa shape index (κ1) is 26.7. The molecule has 0 aliphatic carbocycles. The average Bonchev–Trinajstić information content (AvgIpc) is 2.84. The summed E-state index contributed by atoms with van der Waals surface area (Å²) in [5.41, 5.74) is 5.59. The van der Waals surface area contributed by atoms with E-state index in [1.165, 1.54) is 13.3 Å². The van der Waals surface area contributed by atoms with Crippen LogP contribution in [0.2, 0.25) is 0 Å². The fourth-order valence-corrected chi connectivity index (χ4v) is 3.85. The molecule has 0 spiro atoms. The third-order valence-corrected chi connectivity index (χ3v) is 6.10. The largest absolute Gasteiger partial charge is 0.493 e. The Morgan fingerprint density at radius 1 is 1.17 bits per heavy atom. The molecule has 1 aliphatic rings. The molecule has 2 aromatic rings. The number of ether oxygens (including phenoxy) is 3. The molecule has 1 heterocycles. The van der Waals surface area contributed by atoms with Gasteiger partial charge in [0.15, 0.2) is 18.1 Å². The van der Waals surface area contributed by atoms with E-state index in [2.05, 4.69) is 37.1 Å². The van der Waals surface area contributed by atoms with Gasteiger partial charge >= 0.3 is 12.0 Å². The molecule has 2 aromatic carbocycles. The average molecular weight is 559 g/mol. The molecular formula is C25H27BrN4O6. The van der Waals surface area contributed by atoms with Gasteiger partial charge in [-0.1, -0.05) is 34.1 Å². The van der Waals surface area contributed by atoms with Crippen LogP contribution in [0, 0.1) is 6.92 Å². The molecule has 0 radical (unpaired) electrons. The number of allylic oxidation sites excluding steroid dienone is 1. The van der Waals surface area contributed by atoms with E-state index in [0.29, 0.717) is 22.8 Å². The highest BCUT2D eigenvalue weighted by Gasteiger charge is 2.32. The number of methoxy groups -OCH3 is 1. The Morgan fingerprint density at radius 2 is 1.94 bits per heavy atom. The number of benzene rings is 2. The molecule has 0 saturated carbocycles. The summed E-state index contributed by atoms with van der Waals surface area (Å²) < 4.78 is 17.1. The summed E-state index contributed by atoms with van der Waals surface area (Å²) in [7, 11) is 1.45. The van der Waals surface area contributed by atoms with Crippen LogP contribution in [-0.2, 0) is 14.3 Å². The van der Waals surface area contributed by atoms with Crippen LogP contribution in [0.3, 0.4) is 0 Å². The van der Waals surface area contributed by atoms with Gasteiger partial charge in [-0.15, -0.1) is 0 Å². The molecule has 0 bridgehead atoms. The number of amides is 3. The van der Waals surface area contributed by atoms with E-state index in [0.717, 1.165) is 15.6 Å². The van der Waals surface area contributed by atoms with Gasteiger partial charge in [-0.3, -0.25) is 4.79 Å². The predicted molar refractivity (Wildman–Crippen MR) is 137 cm³/mol. The van der Waals surface area contributed by atoms with Gasteiger partial charge in [-0.2, -0.15) is 5.10 Å². The van der Waals surface area contributed by atoms with E-state index >= 15 is 0 Å². The Morgan fingerprint density at radius 3 is 2.64 bits per heavy atom. The number of aryl methyl sites for hydroxylation is 1. The number of carbonyl (C=O) groups excluding carboxylic acids is 3. The summed E-state index contributed by atoms with van der Waals surface area (Å²) >= 11 is 3.45. The lowest BCUT2D eigenvalue weighted by atomic mass is 9.95. The molecule has 0 saturated heterocycles. The van der Waals surface area contributed by atoms with Crippen LogP contribution < -0.4 is 25.5 Å². The fraction of sp³-hybridized carbons (Fsp3) is 0.280. The summed E-state index contributed by atoms with van der Waals surface area (Å²) in [5.74, 6) is -0.372. The van der Waals surface area contributed by atoms with Crippen molar-refractivity contribution in [2.24, 2.45) is 5.10 Å². The molecule has 0 fully saturated rings. The normalized spacial score (nSPS) is 15.2. The van der Waals surface area contributed by atoms with E-state index in [4.69, 9.17) is 14.2 Å². The van der Waals surface area contributed by atoms with Gasteiger partial charge in [-0.25, -0.2) is 15.0 Å². The van der Waals surface area contributed by atoms with Gasteiger partial charge in [0.05, 0.1) is 31.5 Å². The van der Waals surface area contributed by atoms with Gasteiger partial charge < -0.3 is 24.8 Å². The fourth-order valence-electron chi connectivity index (χ4n) is 3.45. The molecule has 11 heteroatoms. The molecule has 36 heavy (non-hydrogen) atoms. The van der Waals surface area contributed by atoms with Crippen molar-refractivity contribution < 1.29 is 28.6 Å². The van der Waals surface area contributed by atoms with Crippen LogP contribution in [0.25, 0.3) is 0 Å². The molecule has 3 amide bonds. The maximum atomic E-state index is 12.5. The second-order valence-corrected chi connectivity index (χ2v) is 8.65. The summed E-state index contributed by atoms with van der Waals surface area (Å²) in [5, 5.41) is 9.26. The predicted octanol–water partition coefficient (Wildman–Crippen LogP) is 3.49. The van der Waals surface area contributed by atoms with Crippen molar-refractivity contribution in [1.82, 2.24) is 16.1 Å². The Hall–Kier alpha value is -3.86. The quantitative estimate of drug-likeness (QED) is 0.245. The summed E-state index contributed by atoms with van der Waals surface area (Å²) in [4.78, 5) is 36.8. The van der Waals surface area contributed by atoms with Crippen molar-refractivity contribution >= 4 is 40.1 Å². The third-order valence-electron chi connectivity index (χ3n) is 5.24. The number of rotatable bonds is 9. The standard InChI is InChI=1S/C25H27BrN4O6/c1-5-35-24(32)22-15(3)28-25(33)29-23(22)17-8-9-19(20(11-17)34-4)36-13-21(31)30-27-12-16-7-6-14(2)18(26)10-16/h6-12,23H,5,13H2,1-4H3,(H,30,31)(H2,28,29,33)/b27-12-/t23-/m1/s1. The zero-order chi connectivity index (χ0) is 26.2. The number of nitrogens with zero attached hydrogens (tertiary/aromatic N) is 1. The van der Waals surface area contributed by atoms with Gasteiger partial charge in [0.1, 0.15) is 0 Å². The number of nitrogens with one attached hydrogen (secondary N) is 3. The minimum Gasteiger partial charge on any atom is -0.493 e. The van der Waals surface area contributed by atoms with Gasteiger partial charge in [0.2, 0.25) is 0 Å². The molecular weight excluding hydrogens is 532 g/mol. The van der Waals surface area contributed by atoms with E-state index in [1.54, 1.807) is 32.0 Å². The molecule has 0 aromatic heterocycles. The molecule has 1 aliphatic heterocycles. The topological polar surface area (TPSA) is 127 Å². The monoisotopic (exact) mass is 558 g/mol. The molecule has 3 N–H and O–H groups in total. The summed E-state index contributed by atoms with van der Waals surface area (Å²) in [6.07, 6.45) is 1.53. The molecule has 1 atom stereocenters. The lowest BCUT2D eigenvalue weighted by Crippen LogP contribution is -2.45. The van der Waals surface area contributed by atoms with Crippen LogP contribution in [0.5, 0.6) is 11.5 Å². The van der Waals surface area contributed by atoms with Crippen molar-refractivity contribution in [3.05, 3.63) is 68.8 Å². The Kier molecular flexibility index (Phi) is 9.07. The second-order valence-electron chi connectivity index (χ2n) is 7.79. The van der Waals surface area contributed by atoms with Crippen LogP contribution in [0.4, 0.5) is 4.79 Å². The molecule has 10 nitrogen and oxygen atoms in total. The molecule has 3 rings (SSSR count). The lowest BCUT2D eigenvalue weighted by Gasteiger charge is -2.28. The number of esters is 1. The number of hydrogen-bond donors (Lipinski definition) is 3. The highest BCUT2D eigenvalue weighted by Crippen LogP contribution is 2.34. The Labute approximate surface area is 217 Å². The number of hydrazone groups is 1. The van der Waals surface area contributed by atoms with Crippen molar-refractivity contribution in [2.75, 3.05) is 20.3 Å². The van der Waals surface area contributed by atoms with Gasteiger partial charge in [0, 0.05) is 10.2 Å². The third kappa shape index (κ3) is 6.63. The van der Waals surface area contributed by atoms with E-state index in [-0.39, 0.29) is 18.8 Å². The first-order chi connectivity index (χ1) is 17.2. The summed E-state index contributed by atoms with van der Waals surface area (Å²) in [6, 6.07) is 9.42. The lowest BCUT2D eigenvalue weighted by molar-refractivity contribution is -0.139. The van der Waals surface area contributed by atoms with Crippen molar-refractivity contribution in [3.63, 3.8) is 0 Å². The Balaban J connectivity index is 1.68. The zero-order valence-corrected chi connectivity index (χ0v) is 21.9. The zero-order valence-electron chi connectivity index (χ0n) is 20.3. The highest BCUT2D eigenvalue weighted by molar-refractivity contribution is 9.10. The van der Waals surface area contributed by atoms with Crippen molar-refractivity contribution in [2.45, 2.75) is 26.8 Å². The minimum absolute atomic E-state index is 0.195. The first-order valence-electron chi connectivity index (χ1n) is 11.1. The van der Waals surface area contributed by atoms with Gasteiger partial charge in [0.25, 0.3) is 5.91 Å². The van der Waals surface area contributed by atoms with Crippen LogP contribution >= 0.6 is 15.9 Å². The highest BCUT2D eigenvalue weighted by atomic mass is 79.9. The minimum atomic E-state index is -0.750. The van der Waals surface area contributed by atoms with Crippen LogP contribution in [-0.4, -0.2) is 44.4 Å². The maximum absolute atomic E-state index is 12.5. The van der Waals surface area contributed by atoms with Gasteiger partial charge in [-0.05, 0) is 55.7 Å². The molecule has 0 unspecified atom stereocenters. The number of halogens is 1. The number of hydrogen-bond acceptors (Lipinski definition) is 7. The van der Waals surface area contributed by atoms with Crippen molar-refractivity contribution in [1.29, 1.82) is 0 Å². The number of urea groups is 1. The van der Waals surface area contributed by atoms with E-state index in [9.17, 15) is 14.4 Å². The number of carbonyl (C=O) groups is 3. The SMILES string of the molecule is CCOC(=O)C1=C(C)NC(=O)N[C@@H]1c1ccc(OCC(=O)N/N=C\c2ccc(C)c(Br)c2)c(OC)c1. The summed E-state index contributed by atoms with van der Waals surface area (Å²) in [6.45, 7) is 5.20. The second kappa shape index (κ2) is 12.2. The maximum Gasteiger partial charge on any atom is 0.338 e. The van der Waals surface area contributed by atoms with E-state index in [1.807, 2.05) is 25.1 Å². The Bertz CT molecular complexity index is 1230. The van der Waals surface area contributed by atoms with Crippen LogP contribution in [0.1, 0.15) is 36.6 Å².